The summed E-state index contributed by atoms with van der Waals surface area (Å²) < 4.78 is 0. The maximum Gasteiger partial charge on any atom is 0.330 e. The molecule has 2 aromatic rings. The van der Waals surface area contributed by atoms with E-state index >= 15 is 0 Å². The Morgan fingerprint density at radius 3 is 2.40 bits per heavy atom. The lowest BCUT2D eigenvalue weighted by molar-refractivity contribution is -0.340. The van der Waals surface area contributed by atoms with Gasteiger partial charge < -0.3 is 0 Å². The molecule has 3 heteroatoms. The van der Waals surface area contributed by atoms with E-state index in [1.54, 1.807) is 11.3 Å². The minimum absolute atomic E-state index is 0.765. The lowest BCUT2D eigenvalue weighted by Crippen LogP contribution is -2.07. The van der Waals surface area contributed by atoms with Crippen LogP contribution in [-0.2, 0) is 0 Å². The average molecular weight is 219 g/mol. The normalized spacial score (nSPS) is 10.6. The van der Waals surface area contributed by atoms with Crippen LogP contribution in [0.4, 0.5) is 5.13 Å². The monoisotopic (exact) mass is 219 g/mol. The first-order valence-corrected chi connectivity index (χ1v) is 5.75. The molecular weight excluding hydrogens is 204 g/mol. The van der Waals surface area contributed by atoms with E-state index in [1.807, 2.05) is 0 Å². The van der Waals surface area contributed by atoms with Crippen molar-refractivity contribution in [3.63, 3.8) is 0 Å². The number of thiazole rings is 1. The molecule has 0 radical (unpaired) electrons. The molecule has 1 aromatic carbocycles. The fourth-order valence-corrected chi connectivity index (χ4v) is 2.38. The van der Waals surface area contributed by atoms with Gasteiger partial charge in [0.15, 0.2) is 0 Å². The van der Waals surface area contributed by atoms with Crippen molar-refractivity contribution in [1.29, 1.82) is 0 Å². The van der Waals surface area contributed by atoms with Crippen LogP contribution in [-0.4, -0.2) is 0 Å². The number of H-pyrrole nitrogens is 1. The first kappa shape index (κ1) is 10.2. The molecule has 0 saturated carbocycles. The molecule has 0 aliphatic heterocycles. The number of nitrogens with one attached hydrogen (secondary N) is 1. The molecule has 0 aliphatic rings. The molecule has 0 spiro atoms. The SMILES string of the molecule is Cc1ccc(-c2[nH+]c(N)sc2C)cc1C. The predicted molar refractivity (Wildman–Crippen MR) is 64.9 cm³/mol. The second kappa shape index (κ2) is 3.66. The maximum absolute atomic E-state index is 5.75. The Bertz CT molecular complexity index is 500. The zero-order chi connectivity index (χ0) is 11.0. The molecule has 1 heterocycles. The van der Waals surface area contributed by atoms with Crippen molar-refractivity contribution in [2.24, 2.45) is 0 Å². The molecule has 0 fully saturated rings. The number of hydrogen-bond donors (Lipinski definition) is 1. The van der Waals surface area contributed by atoms with Gasteiger partial charge >= 0.3 is 5.13 Å². The summed E-state index contributed by atoms with van der Waals surface area (Å²) in [6.45, 7) is 6.34. The van der Waals surface area contributed by atoms with Crippen LogP contribution in [0.25, 0.3) is 11.3 Å². The van der Waals surface area contributed by atoms with E-state index in [0.717, 1.165) is 10.8 Å². The zero-order valence-corrected chi connectivity index (χ0v) is 10.0. The second-order valence-corrected chi connectivity index (χ2v) is 5.08. The molecule has 0 bridgehead atoms. The Balaban J connectivity index is 2.54. The number of aromatic amines is 1. The molecule has 0 saturated heterocycles. The van der Waals surface area contributed by atoms with Crippen molar-refractivity contribution in [2.45, 2.75) is 20.8 Å². The molecule has 0 atom stereocenters. The number of nitrogens with two attached hydrogens (primary N) is 1. The zero-order valence-electron chi connectivity index (χ0n) is 9.22. The smallest absolute Gasteiger partial charge is 0.278 e. The first-order valence-electron chi connectivity index (χ1n) is 4.93. The standard InChI is InChI=1S/C12H14N2S/c1-7-4-5-10(6-8(7)2)11-9(3)15-12(13)14-11/h4-6H,1-3H3,(H2,13,14)/p+1. The fraction of sp³-hybridized carbons (Fsp3) is 0.250. The van der Waals surface area contributed by atoms with Crippen molar-refractivity contribution in [3.8, 4) is 11.3 Å². The van der Waals surface area contributed by atoms with Crippen molar-refractivity contribution in [2.75, 3.05) is 5.73 Å². The lowest BCUT2D eigenvalue weighted by atomic mass is 10.0. The third-order valence-corrected chi connectivity index (χ3v) is 3.49. The summed E-state index contributed by atoms with van der Waals surface area (Å²) in [5.41, 5.74) is 10.7. The Kier molecular flexibility index (Phi) is 2.49. The molecule has 0 unspecified atom stereocenters. The van der Waals surface area contributed by atoms with Gasteiger partial charge in [-0.05, 0) is 38.0 Å². The molecule has 3 N–H and O–H groups in total. The van der Waals surface area contributed by atoms with E-state index in [0.29, 0.717) is 0 Å². The lowest BCUT2D eigenvalue weighted by Gasteiger charge is -2.02. The molecular formula is C12H15N2S+. The van der Waals surface area contributed by atoms with E-state index in [4.69, 9.17) is 5.73 Å². The highest BCUT2D eigenvalue weighted by Gasteiger charge is 2.12. The first-order chi connectivity index (χ1) is 7.08. The second-order valence-electron chi connectivity index (χ2n) is 3.82. The quantitative estimate of drug-likeness (QED) is 0.787. The van der Waals surface area contributed by atoms with E-state index in [-0.39, 0.29) is 0 Å². The van der Waals surface area contributed by atoms with Crippen LogP contribution in [0, 0.1) is 20.8 Å². The highest BCUT2D eigenvalue weighted by atomic mass is 32.1. The van der Waals surface area contributed by atoms with E-state index in [9.17, 15) is 0 Å². The number of rotatable bonds is 1. The Morgan fingerprint density at radius 1 is 1.13 bits per heavy atom. The fourth-order valence-electron chi connectivity index (χ4n) is 1.63. The molecule has 1 aromatic heterocycles. The number of anilines is 1. The van der Waals surface area contributed by atoms with Crippen molar-refractivity contribution in [3.05, 3.63) is 34.2 Å². The summed E-state index contributed by atoms with van der Waals surface area (Å²) in [5, 5.41) is 0.765. The van der Waals surface area contributed by atoms with Crippen molar-refractivity contribution < 1.29 is 4.98 Å². The third kappa shape index (κ3) is 1.88. The maximum atomic E-state index is 5.75. The van der Waals surface area contributed by atoms with Gasteiger partial charge in [-0.1, -0.05) is 23.5 Å². The number of aryl methyl sites for hydroxylation is 3. The van der Waals surface area contributed by atoms with Gasteiger partial charge in [0.05, 0.1) is 4.88 Å². The predicted octanol–water partition coefficient (Wildman–Crippen LogP) is 2.74. The summed E-state index contributed by atoms with van der Waals surface area (Å²) in [4.78, 5) is 4.44. The van der Waals surface area contributed by atoms with Crippen molar-refractivity contribution >= 4 is 16.5 Å². The summed E-state index contributed by atoms with van der Waals surface area (Å²) in [6.07, 6.45) is 0. The average Bonchev–Trinajstić information content (AvgIpc) is 2.50. The van der Waals surface area contributed by atoms with Gasteiger partial charge in [-0.2, -0.15) is 0 Å². The van der Waals surface area contributed by atoms with Gasteiger partial charge in [-0.25, -0.2) is 4.98 Å². The van der Waals surface area contributed by atoms with Crippen LogP contribution in [0.2, 0.25) is 0 Å². The van der Waals surface area contributed by atoms with E-state index < -0.39 is 0 Å². The molecule has 0 amide bonds. The van der Waals surface area contributed by atoms with Gasteiger partial charge in [-0.15, -0.1) is 0 Å². The minimum atomic E-state index is 0.765. The molecule has 15 heavy (non-hydrogen) atoms. The Morgan fingerprint density at radius 2 is 1.87 bits per heavy atom. The highest BCUT2D eigenvalue weighted by Crippen LogP contribution is 2.26. The topological polar surface area (TPSA) is 40.2 Å². The Labute approximate surface area is 93.8 Å². The van der Waals surface area contributed by atoms with Gasteiger partial charge in [0.1, 0.15) is 5.69 Å². The van der Waals surface area contributed by atoms with Crippen LogP contribution in [0.5, 0.6) is 0 Å². The van der Waals surface area contributed by atoms with Crippen LogP contribution in [0.3, 0.4) is 0 Å². The van der Waals surface area contributed by atoms with Crippen molar-refractivity contribution in [1.82, 2.24) is 0 Å². The number of aromatic nitrogens is 1. The van der Waals surface area contributed by atoms with Gasteiger partial charge in [0.25, 0.3) is 0 Å². The highest BCUT2D eigenvalue weighted by molar-refractivity contribution is 7.15. The Hall–Kier alpha value is -1.35. The molecule has 78 valence electrons. The van der Waals surface area contributed by atoms with E-state index in [2.05, 4.69) is 44.0 Å². The largest absolute Gasteiger partial charge is 0.330 e. The van der Waals surface area contributed by atoms with Crippen LogP contribution in [0.1, 0.15) is 16.0 Å². The molecule has 0 aliphatic carbocycles. The minimum Gasteiger partial charge on any atom is -0.278 e. The van der Waals surface area contributed by atoms with E-state index in [1.165, 1.54) is 21.6 Å². The number of hydrogen-bond acceptors (Lipinski definition) is 2. The summed E-state index contributed by atoms with van der Waals surface area (Å²) in [6, 6.07) is 6.47. The van der Waals surface area contributed by atoms with Crippen LogP contribution < -0.4 is 10.7 Å². The molecule has 2 nitrogen and oxygen atoms in total. The van der Waals surface area contributed by atoms with Crippen LogP contribution >= 0.6 is 11.3 Å². The number of nitrogen functional groups attached to an aromatic ring is 1. The molecule has 2 rings (SSSR count). The van der Waals surface area contributed by atoms with Crippen LogP contribution in [0.15, 0.2) is 18.2 Å². The van der Waals surface area contributed by atoms with Gasteiger partial charge in [-0.3, -0.25) is 5.73 Å². The summed E-state index contributed by atoms with van der Waals surface area (Å²) >= 11 is 1.60. The third-order valence-electron chi connectivity index (χ3n) is 2.66. The van der Waals surface area contributed by atoms with Gasteiger partial charge in [0, 0.05) is 5.56 Å². The number of benzene rings is 1. The van der Waals surface area contributed by atoms with Gasteiger partial charge in [0.2, 0.25) is 0 Å². The summed E-state index contributed by atoms with van der Waals surface area (Å²) in [7, 11) is 0. The summed E-state index contributed by atoms with van der Waals surface area (Å²) in [5.74, 6) is 0.